The minimum Gasteiger partial charge on any atom is -0.457 e. The van der Waals surface area contributed by atoms with Crippen molar-refractivity contribution in [1.82, 2.24) is 0 Å². The van der Waals surface area contributed by atoms with Crippen molar-refractivity contribution >= 4 is 11.9 Å². The second-order valence-electron chi connectivity index (χ2n) is 7.26. The summed E-state index contributed by atoms with van der Waals surface area (Å²) < 4.78 is 11.1. The van der Waals surface area contributed by atoms with Crippen LogP contribution in [0.2, 0.25) is 0 Å². The fourth-order valence-electron chi connectivity index (χ4n) is 4.28. The topological polar surface area (TPSA) is 113 Å². The Morgan fingerprint density at radius 2 is 2.15 bits per heavy atom. The molecule has 1 heterocycles. The Kier molecular flexibility index (Phi) is 5.12. The van der Waals surface area contributed by atoms with E-state index in [1.165, 1.54) is 0 Å². The van der Waals surface area contributed by atoms with Crippen molar-refractivity contribution < 1.29 is 34.4 Å². The molecule has 1 aliphatic heterocycles. The first-order valence-electron chi connectivity index (χ1n) is 8.84. The Hall–Kier alpha value is -2.22. The molecule has 3 aliphatic rings. The van der Waals surface area contributed by atoms with Gasteiger partial charge in [-0.1, -0.05) is 18.2 Å². The molecule has 3 rings (SSSR count). The zero-order valence-electron chi connectivity index (χ0n) is 15.3. The number of fused-ring (bicyclic) bond motifs is 3. The summed E-state index contributed by atoms with van der Waals surface area (Å²) in [6.45, 7) is 6.43. The van der Waals surface area contributed by atoms with Crippen LogP contribution in [0.15, 0.2) is 47.1 Å². The van der Waals surface area contributed by atoms with Crippen LogP contribution in [0.25, 0.3) is 0 Å². The molecular formula is C20H24O7. The fraction of sp³-hybridized carbons (Fsp3) is 0.500. The number of carbonyl (C=O) groups is 2. The summed E-state index contributed by atoms with van der Waals surface area (Å²) >= 11 is 0. The maximum Gasteiger partial charge on any atom is 0.336 e. The molecule has 1 fully saturated rings. The first kappa shape index (κ1) is 19.5. The molecule has 7 nitrogen and oxygen atoms in total. The van der Waals surface area contributed by atoms with Gasteiger partial charge in [0.15, 0.2) is 0 Å². The van der Waals surface area contributed by atoms with Gasteiger partial charge < -0.3 is 24.8 Å². The predicted octanol–water partition coefficient (Wildman–Crippen LogP) is 0.564. The SMILES string of the molecule is C=C1C(=O)OC2C1[C@@H](OC(=O)/C(=C/CO)CO)C=C(C)[C@@]1(O)CC=C(C)C21. The highest BCUT2D eigenvalue weighted by molar-refractivity contribution is 5.92. The van der Waals surface area contributed by atoms with Gasteiger partial charge in [-0.3, -0.25) is 0 Å². The molecule has 3 N–H and O–H groups in total. The second kappa shape index (κ2) is 7.07. The molecule has 3 unspecified atom stereocenters. The summed E-state index contributed by atoms with van der Waals surface area (Å²) in [6, 6.07) is 0. The van der Waals surface area contributed by atoms with Crippen LogP contribution >= 0.6 is 0 Å². The lowest BCUT2D eigenvalue weighted by Gasteiger charge is -2.35. The van der Waals surface area contributed by atoms with Crippen molar-refractivity contribution in [3.63, 3.8) is 0 Å². The van der Waals surface area contributed by atoms with Crippen molar-refractivity contribution in [3.8, 4) is 0 Å². The van der Waals surface area contributed by atoms with Crippen molar-refractivity contribution in [3.05, 3.63) is 47.1 Å². The highest BCUT2D eigenvalue weighted by Gasteiger charge is 2.58. The van der Waals surface area contributed by atoms with Gasteiger partial charge in [-0.05, 0) is 38.0 Å². The minimum atomic E-state index is -1.22. The van der Waals surface area contributed by atoms with E-state index in [4.69, 9.17) is 14.6 Å². The molecule has 0 saturated carbocycles. The fourth-order valence-corrected chi connectivity index (χ4v) is 4.28. The molecule has 2 aliphatic carbocycles. The number of esters is 2. The Labute approximate surface area is 157 Å². The zero-order chi connectivity index (χ0) is 19.9. The van der Waals surface area contributed by atoms with Gasteiger partial charge in [-0.2, -0.15) is 0 Å². The van der Waals surface area contributed by atoms with Crippen molar-refractivity contribution in [2.75, 3.05) is 13.2 Å². The van der Waals surface area contributed by atoms with Crippen LogP contribution in [0.4, 0.5) is 0 Å². The Balaban J connectivity index is 2.01. The quantitative estimate of drug-likeness (QED) is 0.373. The third-order valence-corrected chi connectivity index (χ3v) is 5.79. The van der Waals surface area contributed by atoms with E-state index < -0.39 is 54.8 Å². The Morgan fingerprint density at radius 1 is 1.44 bits per heavy atom. The molecule has 0 radical (unpaired) electrons. The summed E-state index contributed by atoms with van der Waals surface area (Å²) in [4.78, 5) is 24.6. The van der Waals surface area contributed by atoms with Gasteiger partial charge in [-0.15, -0.1) is 0 Å². The lowest BCUT2D eigenvalue weighted by Crippen LogP contribution is -2.44. The van der Waals surface area contributed by atoms with Gasteiger partial charge in [-0.25, -0.2) is 9.59 Å². The summed E-state index contributed by atoms with van der Waals surface area (Å²) in [5, 5.41) is 29.6. The van der Waals surface area contributed by atoms with E-state index in [2.05, 4.69) is 6.58 Å². The van der Waals surface area contributed by atoms with Crippen LogP contribution in [0.3, 0.4) is 0 Å². The van der Waals surface area contributed by atoms with Crippen molar-refractivity contribution in [1.29, 1.82) is 0 Å². The van der Waals surface area contributed by atoms with Crippen molar-refractivity contribution in [2.45, 2.75) is 38.1 Å². The molecule has 0 spiro atoms. The lowest BCUT2D eigenvalue weighted by molar-refractivity contribution is -0.147. The molecular weight excluding hydrogens is 352 g/mol. The number of rotatable bonds is 4. The van der Waals surface area contributed by atoms with E-state index in [9.17, 15) is 19.8 Å². The van der Waals surface area contributed by atoms with Gasteiger partial charge in [0.2, 0.25) is 0 Å². The second-order valence-corrected chi connectivity index (χ2v) is 7.26. The maximum absolute atomic E-state index is 12.4. The van der Waals surface area contributed by atoms with Crippen LogP contribution < -0.4 is 0 Å². The molecule has 146 valence electrons. The van der Waals surface area contributed by atoms with Gasteiger partial charge in [0.05, 0.1) is 36.2 Å². The molecule has 0 bridgehead atoms. The van der Waals surface area contributed by atoms with E-state index in [0.717, 1.165) is 11.6 Å². The average Bonchev–Trinajstić information content (AvgIpc) is 3.05. The summed E-state index contributed by atoms with van der Waals surface area (Å²) in [5.74, 6) is -2.48. The number of aliphatic hydroxyl groups excluding tert-OH is 2. The number of carbonyl (C=O) groups excluding carboxylic acids is 2. The van der Waals surface area contributed by atoms with E-state index >= 15 is 0 Å². The largest absolute Gasteiger partial charge is 0.457 e. The lowest BCUT2D eigenvalue weighted by atomic mass is 9.76. The first-order chi connectivity index (χ1) is 12.7. The smallest absolute Gasteiger partial charge is 0.336 e. The number of hydrogen-bond donors (Lipinski definition) is 3. The Bertz CT molecular complexity index is 775. The van der Waals surface area contributed by atoms with Gasteiger partial charge in [0.1, 0.15) is 12.2 Å². The average molecular weight is 376 g/mol. The van der Waals surface area contributed by atoms with Crippen LogP contribution in [0.1, 0.15) is 20.3 Å². The van der Waals surface area contributed by atoms with Crippen LogP contribution in [-0.2, 0) is 19.1 Å². The van der Waals surface area contributed by atoms with Crippen LogP contribution in [0, 0.1) is 11.8 Å². The highest BCUT2D eigenvalue weighted by Crippen LogP contribution is 2.51. The molecule has 5 atom stereocenters. The third kappa shape index (κ3) is 3.05. The van der Waals surface area contributed by atoms with Crippen LogP contribution in [-0.4, -0.2) is 58.3 Å². The van der Waals surface area contributed by atoms with Gasteiger partial charge in [0.25, 0.3) is 0 Å². The molecule has 0 aromatic carbocycles. The van der Waals surface area contributed by atoms with Gasteiger partial charge >= 0.3 is 11.9 Å². The standard InChI is InChI=1S/C20H24O7/c1-10-4-6-20(25)11(2)8-14(26-19(24)13(9-22)5-7-21)15-12(3)18(23)27-17(15)16(10)20/h4-5,8,14-17,21-22,25H,3,6-7,9H2,1-2H3/b13-5+/t14-,15?,16?,17?,20-/m0/s1. The predicted molar refractivity (Wildman–Crippen MR) is 95.2 cm³/mol. The molecule has 0 amide bonds. The molecule has 27 heavy (non-hydrogen) atoms. The summed E-state index contributed by atoms with van der Waals surface area (Å²) in [5.41, 5.74) is 0.400. The number of ether oxygens (including phenoxy) is 2. The van der Waals surface area contributed by atoms with E-state index in [1.807, 2.05) is 13.0 Å². The first-order valence-corrected chi connectivity index (χ1v) is 8.84. The third-order valence-electron chi connectivity index (χ3n) is 5.79. The molecule has 7 heteroatoms. The summed E-state index contributed by atoms with van der Waals surface area (Å²) in [6.07, 6.45) is 3.49. The molecule has 0 aromatic rings. The monoisotopic (exact) mass is 376 g/mol. The highest BCUT2D eigenvalue weighted by atomic mass is 16.6. The Morgan fingerprint density at radius 3 is 2.78 bits per heavy atom. The maximum atomic E-state index is 12.4. The normalized spacial score (nSPS) is 35.7. The van der Waals surface area contributed by atoms with Crippen LogP contribution in [0.5, 0.6) is 0 Å². The zero-order valence-corrected chi connectivity index (χ0v) is 15.3. The van der Waals surface area contributed by atoms with Gasteiger partial charge in [0, 0.05) is 5.57 Å². The minimum absolute atomic E-state index is 0.0878. The van der Waals surface area contributed by atoms with E-state index in [1.54, 1.807) is 13.0 Å². The molecule has 1 saturated heterocycles. The number of aliphatic hydroxyl groups is 3. The van der Waals surface area contributed by atoms with E-state index in [0.29, 0.717) is 12.0 Å². The van der Waals surface area contributed by atoms with Crippen molar-refractivity contribution in [2.24, 2.45) is 11.8 Å². The summed E-state index contributed by atoms with van der Waals surface area (Å²) in [7, 11) is 0. The number of hydrogen-bond acceptors (Lipinski definition) is 7. The van der Waals surface area contributed by atoms with E-state index in [-0.39, 0.29) is 11.1 Å². The molecule has 0 aromatic heterocycles.